The zero-order chi connectivity index (χ0) is 14.8. The maximum absolute atomic E-state index is 6.28. The van der Waals surface area contributed by atoms with Crippen LogP contribution in [0.25, 0.3) is 0 Å². The molecule has 0 aromatic heterocycles. The van der Waals surface area contributed by atoms with E-state index in [1.165, 1.54) is 0 Å². The summed E-state index contributed by atoms with van der Waals surface area (Å²) in [6.07, 6.45) is 0. The predicted octanol–water partition coefficient (Wildman–Crippen LogP) is 3.38. The zero-order valence-electron chi connectivity index (χ0n) is 11.8. The Balaban J connectivity index is 1.62. The van der Waals surface area contributed by atoms with Crippen molar-refractivity contribution in [2.45, 2.75) is 0 Å². The molecule has 114 valence electrons. The molecule has 0 atom stereocenters. The number of anilines is 1. The van der Waals surface area contributed by atoms with Gasteiger partial charge in [0, 0.05) is 39.3 Å². The van der Waals surface area contributed by atoms with E-state index in [9.17, 15) is 0 Å². The molecule has 0 spiro atoms. The Morgan fingerprint density at radius 3 is 2.62 bits per heavy atom. The summed E-state index contributed by atoms with van der Waals surface area (Å²) in [7, 11) is 2.16. The van der Waals surface area contributed by atoms with Gasteiger partial charge in [0.15, 0.2) is 0 Å². The lowest BCUT2D eigenvalue weighted by molar-refractivity contribution is 0.158. The van der Waals surface area contributed by atoms with Crippen molar-refractivity contribution in [1.82, 2.24) is 9.80 Å². The number of hydrogen-bond donors (Lipinski definition) is 1. The van der Waals surface area contributed by atoms with Gasteiger partial charge in [-0.25, -0.2) is 0 Å². The van der Waals surface area contributed by atoms with Crippen LogP contribution in [0.2, 0.25) is 10.0 Å². The molecule has 5 nitrogen and oxygen atoms in total. The normalized spacial score (nSPS) is 18.6. The van der Waals surface area contributed by atoms with Gasteiger partial charge in [0.25, 0.3) is 0 Å². The van der Waals surface area contributed by atoms with Gasteiger partial charge >= 0.3 is 0 Å². The Bertz CT molecular complexity index is 607. The first-order valence-electron chi connectivity index (χ1n) is 6.90. The number of benzene rings is 1. The average Bonchev–Trinajstić information content (AvgIpc) is 2.94. The van der Waals surface area contributed by atoms with Gasteiger partial charge in [-0.3, -0.25) is 4.90 Å². The van der Waals surface area contributed by atoms with Crippen molar-refractivity contribution in [2.24, 2.45) is 8.73 Å². The predicted molar refractivity (Wildman–Crippen MR) is 90.4 cm³/mol. The highest BCUT2D eigenvalue weighted by Crippen LogP contribution is 2.47. The molecule has 0 aliphatic carbocycles. The molecular formula is C13H17Cl2N5S. The molecule has 1 aromatic rings. The number of rotatable bonds is 4. The Kier molecular flexibility index (Phi) is 4.81. The van der Waals surface area contributed by atoms with Gasteiger partial charge in [0.2, 0.25) is 0 Å². The summed E-state index contributed by atoms with van der Waals surface area (Å²) < 4.78 is 8.50. The highest BCUT2D eigenvalue weighted by atomic mass is 35.5. The third kappa shape index (κ3) is 3.40. The Labute approximate surface area is 138 Å². The first kappa shape index (κ1) is 15.2. The zero-order valence-corrected chi connectivity index (χ0v) is 14.1. The van der Waals surface area contributed by atoms with Gasteiger partial charge < -0.3 is 10.2 Å². The van der Waals surface area contributed by atoms with Crippen LogP contribution in [0.4, 0.5) is 17.1 Å². The van der Waals surface area contributed by atoms with Crippen LogP contribution in [-0.4, -0.2) is 56.1 Å². The molecule has 0 saturated carbocycles. The fraction of sp³-hybridized carbons (Fsp3) is 0.538. The number of fused-ring (bicyclic) bond motifs is 1. The molecule has 8 heteroatoms. The molecule has 21 heavy (non-hydrogen) atoms. The van der Waals surface area contributed by atoms with E-state index in [1.54, 1.807) is 6.07 Å². The van der Waals surface area contributed by atoms with E-state index in [0.717, 1.165) is 62.0 Å². The van der Waals surface area contributed by atoms with Crippen LogP contribution in [0, 0.1) is 0 Å². The molecule has 0 radical (unpaired) electrons. The quantitative estimate of drug-likeness (QED) is 0.923. The molecule has 1 fully saturated rings. The van der Waals surface area contributed by atoms with Crippen molar-refractivity contribution in [3.63, 3.8) is 0 Å². The molecule has 3 rings (SSSR count). The highest BCUT2D eigenvalue weighted by Gasteiger charge is 2.19. The van der Waals surface area contributed by atoms with Gasteiger partial charge in [-0.15, -0.1) is 0 Å². The monoisotopic (exact) mass is 345 g/mol. The summed E-state index contributed by atoms with van der Waals surface area (Å²) in [6, 6.07) is 1.73. The van der Waals surface area contributed by atoms with Crippen molar-refractivity contribution in [3.05, 3.63) is 16.1 Å². The summed E-state index contributed by atoms with van der Waals surface area (Å²) in [5, 5.41) is 4.53. The van der Waals surface area contributed by atoms with Crippen molar-refractivity contribution < 1.29 is 0 Å². The molecular weight excluding hydrogens is 329 g/mol. The fourth-order valence-corrected chi connectivity index (χ4v) is 3.63. The van der Waals surface area contributed by atoms with E-state index >= 15 is 0 Å². The number of nitrogens with one attached hydrogen (secondary N) is 1. The molecule has 0 unspecified atom stereocenters. The fourth-order valence-electron chi connectivity index (χ4n) is 2.45. The van der Waals surface area contributed by atoms with Crippen LogP contribution in [0.1, 0.15) is 0 Å². The maximum Gasteiger partial charge on any atom is 0.130 e. The minimum Gasteiger partial charge on any atom is -0.381 e. The average molecular weight is 346 g/mol. The Morgan fingerprint density at radius 2 is 1.86 bits per heavy atom. The number of likely N-dealkylation sites (N-methyl/N-ethyl adjacent to an activating group) is 1. The number of hydrogen-bond acceptors (Lipinski definition) is 5. The highest BCUT2D eigenvalue weighted by molar-refractivity contribution is 7.58. The molecule has 1 saturated heterocycles. The number of piperazine rings is 1. The van der Waals surface area contributed by atoms with Crippen molar-refractivity contribution in [3.8, 4) is 0 Å². The van der Waals surface area contributed by atoms with Gasteiger partial charge in [-0.05, 0) is 13.1 Å². The largest absolute Gasteiger partial charge is 0.381 e. The Hall–Kier alpha value is -0.660. The summed E-state index contributed by atoms with van der Waals surface area (Å²) in [5.41, 5.74) is 2.31. The number of halogens is 2. The molecule has 2 heterocycles. The van der Waals surface area contributed by atoms with Gasteiger partial charge in [-0.2, -0.15) is 8.73 Å². The third-order valence-corrected chi connectivity index (χ3v) is 4.88. The van der Waals surface area contributed by atoms with Gasteiger partial charge in [0.1, 0.15) is 11.4 Å². The maximum atomic E-state index is 6.28. The third-order valence-electron chi connectivity index (χ3n) is 3.77. The van der Waals surface area contributed by atoms with Crippen LogP contribution < -0.4 is 5.32 Å². The summed E-state index contributed by atoms with van der Waals surface area (Å²) in [4.78, 5) is 4.80. The summed E-state index contributed by atoms with van der Waals surface area (Å²) in [5.74, 6) is 0. The lowest BCUT2D eigenvalue weighted by atomic mass is 10.2. The molecule has 2 aliphatic heterocycles. The number of nitrogens with zero attached hydrogens (tertiary/aromatic N) is 4. The van der Waals surface area contributed by atoms with Crippen LogP contribution in [0.5, 0.6) is 0 Å². The second kappa shape index (κ2) is 6.62. The van der Waals surface area contributed by atoms with Crippen LogP contribution in [-0.2, 0) is 11.4 Å². The summed E-state index contributed by atoms with van der Waals surface area (Å²) in [6.45, 7) is 6.30. The molecule has 1 N–H and O–H groups in total. The van der Waals surface area contributed by atoms with Gasteiger partial charge in [-0.1, -0.05) is 23.2 Å². The van der Waals surface area contributed by atoms with E-state index in [2.05, 4.69) is 30.9 Å². The topological polar surface area (TPSA) is 43.2 Å². The van der Waals surface area contributed by atoms with E-state index in [4.69, 9.17) is 23.2 Å². The van der Waals surface area contributed by atoms with Crippen LogP contribution >= 0.6 is 23.2 Å². The second-order valence-electron chi connectivity index (χ2n) is 5.25. The molecule has 1 aromatic carbocycles. The van der Waals surface area contributed by atoms with Crippen molar-refractivity contribution in [1.29, 1.82) is 0 Å². The van der Waals surface area contributed by atoms with Crippen molar-refractivity contribution >= 4 is 51.6 Å². The van der Waals surface area contributed by atoms with E-state index in [-0.39, 0.29) is 0 Å². The minimum atomic E-state index is 0.549. The standard InChI is InChI=1S/C13H17Cl2N5S/c1-19-4-6-20(7-5-19)3-2-16-11-9(14)8-10(15)12-13(11)18-21-17-12/h8,16H,2-7H2,1H3. The first-order valence-corrected chi connectivity index (χ1v) is 8.39. The molecule has 0 amide bonds. The van der Waals surface area contributed by atoms with E-state index < -0.39 is 0 Å². The van der Waals surface area contributed by atoms with Crippen LogP contribution in [0.3, 0.4) is 0 Å². The first-order chi connectivity index (χ1) is 10.1. The Morgan fingerprint density at radius 1 is 1.14 bits per heavy atom. The molecule has 0 bridgehead atoms. The smallest absolute Gasteiger partial charge is 0.130 e. The minimum absolute atomic E-state index is 0.549. The second-order valence-corrected chi connectivity index (χ2v) is 6.59. The van der Waals surface area contributed by atoms with Gasteiger partial charge in [0.05, 0.1) is 27.1 Å². The van der Waals surface area contributed by atoms with Crippen molar-refractivity contribution in [2.75, 3.05) is 51.6 Å². The van der Waals surface area contributed by atoms with E-state index in [1.807, 2.05) is 0 Å². The van der Waals surface area contributed by atoms with Crippen LogP contribution in [0.15, 0.2) is 14.8 Å². The lowest BCUT2D eigenvalue weighted by Crippen LogP contribution is -2.45. The SMILES string of the molecule is CN1CCN(CCNc2c(Cl)cc(Cl)c3c2N=S=N3)CC1. The molecule has 2 aliphatic rings. The van der Waals surface area contributed by atoms with E-state index in [0.29, 0.717) is 15.7 Å². The lowest BCUT2D eigenvalue weighted by Gasteiger charge is -2.32. The summed E-state index contributed by atoms with van der Waals surface area (Å²) >= 11 is 13.6.